The monoisotopic (exact) mass is 333 g/mol. The minimum atomic E-state index is 0.323. The summed E-state index contributed by atoms with van der Waals surface area (Å²) in [7, 11) is 14.5. The van der Waals surface area contributed by atoms with Crippen LogP contribution in [-0.2, 0) is 0 Å². The number of methoxy groups -OCH3 is 1. The van der Waals surface area contributed by atoms with Gasteiger partial charge < -0.3 is 9.64 Å². The Kier molecular flexibility index (Phi) is 7.94. The first-order chi connectivity index (χ1) is 11.2. The maximum Gasteiger partial charge on any atom is 0.119 e. The molecule has 1 aromatic carbocycles. The van der Waals surface area contributed by atoms with Gasteiger partial charge >= 0.3 is 0 Å². The minimum Gasteiger partial charge on any atom is -0.497 e. The zero-order valence-electron chi connectivity index (χ0n) is 16.9. The van der Waals surface area contributed by atoms with Gasteiger partial charge in [-0.15, -0.1) is 0 Å². The first-order valence-corrected chi connectivity index (χ1v) is 8.50. The standard InChI is InChI=1S/C20H35N3O/c1-15(14-21(3)4)19(16(2)20(22(5)6)23(7)8)17-11-10-12-18(13-17)24-9/h10-13,16,20H,14H2,1-9H3/b19-15-. The first kappa shape index (κ1) is 20.7. The Hall–Kier alpha value is -1.36. The molecule has 0 bridgehead atoms. The van der Waals surface area contributed by atoms with Crippen LogP contribution in [0.4, 0.5) is 0 Å². The van der Waals surface area contributed by atoms with Crippen LogP contribution in [0.5, 0.6) is 5.75 Å². The van der Waals surface area contributed by atoms with Gasteiger partial charge in [0.1, 0.15) is 5.75 Å². The van der Waals surface area contributed by atoms with E-state index in [2.05, 4.69) is 89.0 Å². The number of nitrogens with zero attached hydrogens (tertiary/aromatic N) is 3. The van der Waals surface area contributed by atoms with E-state index in [1.165, 1.54) is 16.7 Å². The second-order valence-corrected chi connectivity index (χ2v) is 7.29. The third kappa shape index (κ3) is 5.33. The second-order valence-electron chi connectivity index (χ2n) is 7.29. The molecular formula is C20H35N3O. The minimum absolute atomic E-state index is 0.323. The van der Waals surface area contributed by atoms with Crippen molar-refractivity contribution in [2.75, 3.05) is 55.9 Å². The van der Waals surface area contributed by atoms with E-state index in [1.54, 1.807) is 7.11 Å². The fourth-order valence-electron chi connectivity index (χ4n) is 3.75. The van der Waals surface area contributed by atoms with E-state index in [9.17, 15) is 0 Å². The number of rotatable bonds is 8. The lowest BCUT2D eigenvalue weighted by Crippen LogP contribution is -2.45. The van der Waals surface area contributed by atoms with Crippen molar-refractivity contribution in [1.82, 2.24) is 14.7 Å². The van der Waals surface area contributed by atoms with E-state index in [1.807, 2.05) is 6.07 Å². The van der Waals surface area contributed by atoms with E-state index in [0.29, 0.717) is 12.1 Å². The van der Waals surface area contributed by atoms with Gasteiger partial charge in [-0.3, -0.25) is 9.80 Å². The average Bonchev–Trinajstić information content (AvgIpc) is 2.46. The summed E-state index contributed by atoms with van der Waals surface area (Å²) < 4.78 is 5.45. The molecule has 4 nitrogen and oxygen atoms in total. The molecule has 0 aliphatic rings. The van der Waals surface area contributed by atoms with Gasteiger partial charge in [0.05, 0.1) is 13.3 Å². The Labute approximate surface area is 148 Å². The highest BCUT2D eigenvalue weighted by atomic mass is 16.5. The van der Waals surface area contributed by atoms with Crippen molar-refractivity contribution < 1.29 is 4.74 Å². The van der Waals surface area contributed by atoms with E-state index < -0.39 is 0 Å². The van der Waals surface area contributed by atoms with Crippen LogP contribution >= 0.6 is 0 Å². The van der Waals surface area contributed by atoms with Crippen molar-refractivity contribution in [1.29, 1.82) is 0 Å². The van der Waals surface area contributed by atoms with Gasteiger partial charge in [0, 0.05) is 12.5 Å². The van der Waals surface area contributed by atoms with Crippen LogP contribution in [0.3, 0.4) is 0 Å². The lowest BCUT2D eigenvalue weighted by molar-refractivity contribution is 0.0993. The molecule has 0 spiro atoms. The normalized spacial score (nSPS) is 14.5. The Bertz CT molecular complexity index is 542. The Morgan fingerprint density at radius 3 is 2.08 bits per heavy atom. The number of benzene rings is 1. The SMILES string of the molecule is COc1cccc(/C(=C(/C)CN(C)C)C(C)C(N(C)C)N(C)C)c1. The molecule has 0 saturated carbocycles. The first-order valence-electron chi connectivity index (χ1n) is 8.50. The summed E-state index contributed by atoms with van der Waals surface area (Å²) in [5, 5.41) is 0. The summed E-state index contributed by atoms with van der Waals surface area (Å²) in [6.45, 7) is 5.51. The highest BCUT2D eigenvalue weighted by molar-refractivity contribution is 5.71. The molecule has 0 amide bonds. The van der Waals surface area contributed by atoms with Crippen molar-refractivity contribution >= 4 is 5.57 Å². The van der Waals surface area contributed by atoms with Crippen LogP contribution in [0.2, 0.25) is 0 Å². The molecule has 0 fully saturated rings. The zero-order valence-corrected chi connectivity index (χ0v) is 16.9. The van der Waals surface area contributed by atoms with Crippen molar-refractivity contribution in [3.05, 3.63) is 35.4 Å². The molecule has 0 aliphatic heterocycles. The second kappa shape index (κ2) is 9.21. The largest absolute Gasteiger partial charge is 0.497 e. The topological polar surface area (TPSA) is 19.0 Å². The predicted octanol–water partition coefficient (Wildman–Crippen LogP) is 3.12. The molecule has 1 rings (SSSR count). The molecule has 0 N–H and O–H groups in total. The molecule has 1 atom stereocenters. The van der Waals surface area contributed by atoms with Gasteiger partial charge in [-0.1, -0.05) is 24.6 Å². The Balaban J connectivity index is 3.43. The predicted molar refractivity (Wildman–Crippen MR) is 104 cm³/mol. The molecule has 0 aromatic heterocycles. The quantitative estimate of drug-likeness (QED) is 0.680. The molecule has 1 aromatic rings. The van der Waals surface area contributed by atoms with E-state index in [0.717, 1.165) is 12.3 Å². The van der Waals surface area contributed by atoms with Gasteiger partial charge in [0.25, 0.3) is 0 Å². The fourth-order valence-corrected chi connectivity index (χ4v) is 3.75. The van der Waals surface area contributed by atoms with Crippen molar-refractivity contribution in [3.8, 4) is 5.75 Å². The van der Waals surface area contributed by atoms with Crippen molar-refractivity contribution in [2.24, 2.45) is 5.92 Å². The van der Waals surface area contributed by atoms with Crippen LogP contribution in [0.1, 0.15) is 19.4 Å². The fraction of sp³-hybridized carbons (Fsp3) is 0.600. The zero-order chi connectivity index (χ0) is 18.4. The molecule has 0 saturated heterocycles. The average molecular weight is 334 g/mol. The Morgan fingerprint density at radius 2 is 1.62 bits per heavy atom. The molecule has 24 heavy (non-hydrogen) atoms. The molecule has 0 aliphatic carbocycles. The van der Waals surface area contributed by atoms with Gasteiger partial charge in [-0.25, -0.2) is 0 Å². The van der Waals surface area contributed by atoms with E-state index >= 15 is 0 Å². The van der Waals surface area contributed by atoms with Crippen molar-refractivity contribution in [3.63, 3.8) is 0 Å². The number of ether oxygens (including phenoxy) is 1. The van der Waals surface area contributed by atoms with Crippen LogP contribution in [0, 0.1) is 5.92 Å². The van der Waals surface area contributed by atoms with Gasteiger partial charge in [0.2, 0.25) is 0 Å². The van der Waals surface area contributed by atoms with E-state index in [-0.39, 0.29) is 0 Å². The van der Waals surface area contributed by atoms with Gasteiger partial charge in [-0.2, -0.15) is 0 Å². The summed E-state index contributed by atoms with van der Waals surface area (Å²) in [4.78, 5) is 6.80. The van der Waals surface area contributed by atoms with Gasteiger partial charge in [-0.05, 0) is 72.5 Å². The molecule has 4 heteroatoms. The van der Waals surface area contributed by atoms with Crippen LogP contribution in [0.25, 0.3) is 5.57 Å². The highest BCUT2D eigenvalue weighted by Crippen LogP contribution is 2.33. The lowest BCUT2D eigenvalue weighted by Gasteiger charge is -2.37. The molecule has 1 unspecified atom stereocenters. The van der Waals surface area contributed by atoms with Crippen LogP contribution < -0.4 is 4.74 Å². The molecule has 0 radical (unpaired) electrons. The summed E-state index contributed by atoms with van der Waals surface area (Å²) in [5.74, 6) is 1.27. The summed E-state index contributed by atoms with van der Waals surface area (Å²) in [6.07, 6.45) is 0.323. The summed E-state index contributed by atoms with van der Waals surface area (Å²) in [5.41, 5.74) is 4.04. The van der Waals surface area contributed by atoms with Crippen molar-refractivity contribution in [2.45, 2.75) is 20.0 Å². The van der Waals surface area contributed by atoms with Crippen LogP contribution in [0.15, 0.2) is 29.8 Å². The van der Waals surface area contributed by atoms with Gasteiger partial charge in [0.15, 0.2) is 0 Å². The lowest BCUT2D eigenvalue weighted by atomic mass is 9.86. The number of hydrogen-bond donors (Lipinski definition) is 0. The number of hydrogen-bond acceptors (Lipinski definition) is 4. The maximum atomic E-state index is 5.45. The Morgan fingerprint density at radius 1 is 1.04 bits per heavy atom. The molecule has 0 heterocycles. The maximum absolute atomic E-state index is 5.45. The van der Waals surface area contributed by atoms with E-state index in [4.69, 9.17) is 4.74 Å². The third-order valence-electron chi connectivity index (χ3n) is 4.35. The summed E-state index contributed by atoms with van der Waals surface area (Å²) >= 11 is 0. The molecule has 136 valence electrons. The summed E-state index contributed by atoms with van der Waals surface area (Å²) in [6, 6.07) is 8.41. The molecular weight excluding hydrogens is 298 g/mol. The van der Waals surface area contributed by atoms with Crippen LogP contribution in [-0.4, -0.2) is 76.8 Å². The smallest absolute Gasteiger partial charge is 0.119 e. The third-order valence-corrected chi connectivity index (χ3v) is 4.35. The number of likely N-dealkylation sites (N-methyl/N-ethyl adjacent to an activating group) is 1. The highest BCUT2D eigenvalue weighted by Gasteiger charge is 2.27.